The molecular formula is C25H40O2. The van der Waals surface area contributed by atoms with E-state index in [-0.39, 0.29) is 11.5 Å². The minimum Gasteiger partial charge on any atom is -0.508 e. The highest BCUT2D eigenvalue weighted by molar-refractivity contribution is 5.47. The number of phenolic OH excluding ortho intramolecular Hbond substituents is 2. The highest BCUT2D eigenvalue weighted by Crippen LogP contribution is 2.30. The summed E-state index contributed by atoms with van der Waals surface area (Å²) in [5.74, 6) is 0.447. The number of aryl methyl sites for hydroxylation is 1. The Morgan fingerprint density at radius 1 is 0.852 bits per heavy atom. The molecule has 0 bridgehead atoms. The van der Waals surface area contributed by atoms with Gasteiger partial charge >= 0.3 is 0 Å². The van der Waals surface area contributed by atoms with Crippen molar-refractivity contribution in [2.24, 2.45) is 0 Å². The number of hydrogen-bond donors (Lipinski definition) is 2. The molecule has 0 aromatic heterocycles. The van der Waals surface area contributed by atoms with Crippen molar-refractivity contribution in [1.29, 1.82) is 0 Å². The lowest BCUT2D eigenvalue weighted by Crippen LogP contribution is -1.91. The molecule has 0 radical (unpaired) electrons. The van der Waals surface area contributed by atoms with E-state index in [0.717, 1.165) is 31.2 Å². The first-order chi connectivity index (χ1) is 12.9. The van der Waals surface area contributed by atoms with Crippen LogP contribution < -0.4 is 0 Å². The maximum atomic E-state index is 10.3. The lowest BCUT2D eigenvalue weighted by Gasteiger charge is -2.10. The van der Waals surface area contributed by atoms with E-state index in [1.54, 1.807) is 0 Å². The van der Waals surface area contributed by atoms with E-state index in [4.69, 9.17) is 0 Å². The highest BCUT2D eigenvalue weighted by Gasteiger charge is 2.09. The third-order valence-corrected chi connectivity index (χ3v) is 5.08. The third kappa shape index (κ3) is 10.3. The van der Waals surface area contributed by atoms with Crippen LogP contribution in [-0.2, 0) is 12.8 Å². The first-order valence-corrected chi connectivity index (χ1v) is 10.8. The van der Waals surface area contributed by atoms with Crippen molar-refractivity contribution < 1.29 is 10.2 Å². The molecular weight excluding hydrogens is 332 g/mol. The minimum absolute atomic E-state index is 0.223. The van der Waals surface area contributed by atoms with Crippen LogP contribution in [0, 0.1) is 0 Å². The number of phenols is 2. The maximum absolute atomic E-state index is 10.3. The molecule has 1 aromatic carbocycles. The second-order valence-corrected chi connectivity index (χ2v) is 8.06. The van der Waals surface area contributed by atoms with Crippen LogP contribution in [0.2, 0.25) is 0 Å². The summed E-state index contributed by atoms with van der Waals surface area (Å²) in [4.78, 5) is 0. The van der Waals surface area contributed by atoms with Gasteiger partial charge in [0.15, 0.2) is 0 Å². The molecule has 1 aromatic rings. The van der Waals surface area contributed by atoms with E-state index in [9.17, 15) is 10.2 Å². The summed E-state index contributed by atoms with van der Waals surface area (Å²) in [6, 6.07) is 3.66. The molecule has 0 saturated heterocycles. The Morgan fingerprint density at radius 3 is 2.04 bits per heavy atom. The Balaban J connectivity index is 2.49. The fourth-order valence-corrected chi connectivity index (χ4v) is 3.30. The Bertz CT molecular complexity index is 584. The van der Waals surface area contributed by atoms with Gasteiger partial charge in [-0.05, 0) is 70.6 Å². The Kier molecular flexibility index (Phi) is 11.6. The van der Waals surface area contributed by atoms with Gasteiger partial charge in [0.2, 0.25) is 0 Å². The second kappa shape index (κ2) is 13.5. The largest absolute Gasteiger partial charge is 0.508 e. The zero-order valence-electron chi connectivity index (χ0n) is 18.0. The van der Waals surface area contributed by atoms with Crippen molar-refractivity contribution in [2.45, 2.75) is 98.3 Å². The van der Waals surface area contributed by atoms with E-state index < -0.39 is 0 Å². The molecule has 2 nitrogen and oxygen atoms in total. The summed E-state index contributed by atoms with van der Waals surface area (Å²) in [6.45, 7) is 8.58. The van der Waals surface area contributed by atoms with E-state index >= 15 is 0 Å². The van der Waals surface area contributed by atoms with Crippen LogP contribution in [0.25, 0.3) is 0 Å². The molecule has 0 aliphatic carbocycles. The molecule has 0 atom stereocenters. The zero-order valence-corrected chi connectivity index (χ0v) is 18.0. The fourth-order valence-electron chi connectivity index (χ4n) is 3.30. The quantitative estimate of drug-likeness (QED) is 0.276. The molecule has 0 aliphatic rings. The second-order valence-electron chi connectivity index (χ2n) is 8.06. The monoisotopic (exact) mass is 372 g/mol. The van der Waals surface area contributed by atoms with E-state index in [2.05, 4.69) is 39.8 Å². The average Bonchev–Trinajstić information content (AvgIpc) is 2.60. The molecule has 2 N–H and O–H groups in total. The molecule has 0 saturated carbocycles. The highest BCUT2D eigenvalue weighted by atomic mass is 16.3. The van der Waals surface area contributed by atoms with Crippen molar-refractivity contribution in [3.05, 3.63) is 46.6 Å². The smallest absolute Gasteiger partial charge is 0.123 e. The lowest BCUT2D eigenvalue weighted by molar-refractivity contribution is 0.439. The molecule has 0 unspecified atom stereocenters. The maximum Gasteiger partial charge on any atom is 0.123 e. The predicted molar refractivity (Wildman–Crippen MR) is 118 cm³/mol. The number of allylic oxidation sites excluding steroid dienone is 4. The van der Waals surface area contributed by atoms with E-state index in [1.165, 1.54) is 49.7 Å². The fraction of sp³-hybridized carbons (Fsp3) is 0.600. The summed E-state index contributed by atoms with van der Waals surface area (Å²) in [5.41, 5.74) is 4.31. The summed E-state index contributed by atoms with van der Waals surface area (Å²) >= 11 is 0. The molecule has 152 valence electrons. The minimum atomic E-state index is 0.223. The topological polar surface area (TPSA) is 40.5 Å². The molecule has 0 aliphatic heterocycles. The number of rotatable bonds is 13. The standard InChI is InChI=1S/C25H40O2/c1-5-6-7-8-9-10-11-15-22-18-24(26)23(25(27)19-22)17-16-21(4)14-12-13-20(2)3/h13,16,18-19,26-27H,5-12,14-15,17H2,1-4H3/b21-16+. The number of aromatic hydroxyl groups is 2. The van der Waals surface area contributed by atoms with Crippen LogP contribution in [0.1, 0.15) is 96.6 Å². The molecule has 27 heavy (non-hydrogen) atoms. The van der Waals surface area contributed by atoms with Crippen molar-refractivity contribution in [2.75, 3.05) is 0 Å². The van der Waals surface area contributed by atoms with Gasteiger partial charge in [0, 0.05) is 5.56 Å². The van der Waals surface area contributed by atoms with Crippen LogP contribution in [0.5, 0.6) is 11.5 Å². The van der Waals surface area contributed by atoms with Crippen molar-refractivity contribution >= 4 is 0 Å². The van der Waals surface area contributed by atoms with Gasteiger partial charge in [0.05, 0.1) is 0 Å². The summed E-state index contributed by atoms with van der Waals surface area (Å²) in [5, 5.41) is 20.7. The molecule has 0 spiro atoms. The van der Waals surface area contributed by atoms with Crippen LogP contribution >= 0.6 is 0 Å². The Labute approximate surface area is 167 Å². The van der Waals surface area contributed by atoms with Gasteiger partial charge in [-0.2, -0.15) is 0 Å². The lowest BCUT2D eigenvalue weighted by atomic mass is 10.00. The van der Waals surface area contributed by atoms with Crippen LogP contribution in [0.3, 0.4) is 0 Å². The molecule has 1 rings (SSSR count). The van der Waals surface area contributed by atoms with Crippen molar-refractivity contribution in [3.8, 4) is 11.5 Å². The summed E-state index contributed by atoms with van der Waals surface area (Å²) < 4.78 is 0. The van der Waals surface area contributed by atoms with E-state index in [0.29, 0.717) is 12.0 Å². The number of hydrogen-bond acceptors (Lipinski definition) is 2. The van der Waals surface area contributed by atoms with Gasteiger partial charge in [-0.25, -0.2) is 0 Å². The third-order valence-electron chi connectivity index (χ3n) is 5.08. The Morgan fingerprint density at radius 2 is 1.44 bits per heavy atom. The van der Waals surface area contributed by atoms with Gasteiger partial charge in [-0.15, -0.1) is 0 Å². The summed E-state index contributed by atoms with van der Waals surface area (Å²) in [7, 11) is 0. The molecule has 2 heteroatoms. The van der Waals surface area contributed by atoms with Crippen molar-refractivity contribution in [3.63, 3.8) is 0 Å². The Hall–Kier alpha value is -1.70. The number of benzene rings is 1. The van der Waals surface area contributed by atoms with Gasteiger partial charge < -0.3 is 10.2 Å². The normalized spacial score (nSPS) is 11.6. The summed E-state index contributed by atoms with van der Waals surface area (Å²) in [6.07, 6.45) is 16.8. The van der Waals surface area contributed by atoms with Gasteiger partial charge in [-0.1, -0.05) is 68.7 Å². The van der Waals surface area contributed by atoms with Crippen molar-refractivity contribution in [1.82, 2.24) is 0 Å². The molecule has 0 heterocycles. The molecule has 0 fully saturated rings. The van der Waals surface area contributed by atoms with E-state index in [1.807, 2.05) is 12.1 Å². The first-order valence-electron chi connectivity index (χ1n) is 10.8. The van der Waals surface area contributed by atoms with Crippen LogP contribution in [0.15, 0.2) is 35.4 Å². The predicted octanol–water partition coefficient (Wildman–Crippen LogP) is 7.63. The number of unbranched alkanes of at least 4 members (excludes halogenated alkanes) is 6. The zero-order chi connectivity index (χ0) is 20.1. The average molecular weight is 373 g/mol. The SMILES string of the molecule is CCCCCCCCCc1cc(O)c(C/C=C(\C)CCC=C(C)C)c(O)c1. The van der Waals surface area contributed by atoms with Gasteiger partial charge in [-0.3, -0.25) is 0 Å². The molecule has 0 amide bonds. The van der Waals surface area contributed by atoms with Gasteiger partial charge in [0.1, 0.15) is 11.5 Å². The first kappa shape index (κ1) is 23.3. The van der Waals surface area contributed by atoms with Crippen LogP contribution in [0.4, 0.5) is 0 Å². The van der Waals surface area contributed by atoms with Crippen LogP contribution in [-0.4, -0.2) is 10.2 Å². The van der Waals surface area contributed by atoms with Gasteiger partial charge in [0.25, 0.3) is 0 Å².